The summed E-state index contributed by atoms with van der Waals surface area (Å²) in [5.74, 6) is 2.49. The first-order valence-corrected chi connectivity index (χ1v) is 6.67. The van der Waals surface area contributed by atoms with Crippen molar-refractivity contribution < 1.29 is 9.53 Å². The maximum Gasteiger partial charge on any atom is 0.309 e. The summed E-state index contributed by atoms with van der Waals surface area (Å²) in [6, 6.07) is 0. The lowest BCUT2D eigenvalue weighted by molar-refractivity contribution is -0.141. The zero-order valence-corrected chi connectivity index (χ0v) is 10.0. The first-order chi connectivity index (χ1) is 7.78. The van der Waals surface area contributed by atoms with E-state index < -0.39 is 0 Å². The van der Waals surface area contributed by atoms with Crippen LogP contribution >= 0.6 is 0 Å². The molecule has 3 aliphatic rings. The minimum absolute atomic E-state index is 0.0518. The summed E-state index contributed by atoms with van der Waals surface area (Å²) >= 11 is 0. The predicted molar refractivity (Wildman–Crippen MR) is 60.9 cm³/mol. The molecule has 3 aliphatic heterocycles. The van der Waals surface area contributed by atoms with Crippen LogP contribution in [0.3, 0.4) is 0 Å². The lowest BCUT2D eigenvalue weighted by Gasteiger charge is -2.25. The van der Waals surface area contributed by atoms with Crippen molar-refractivity contribution in [3.05, 3.63) is 0 Å². The van der Waals surface area contributed by atoms with Gasteiger partial charge in [0.1, 0.15) is 0 Å². The third kappa shape index (κ3) is 1.65. The lowest BCUT2D eigenvalue weighted by atomic mass is 9.80. The molecular weight excluding hydrogens is 202 g/mol. The zero-order valence-electron chi connectivity index (χ0n) is 10.0. The van der Waals surface area contributed by atoms with Crippen LogP contribution in [0.5, 0.6) is 0 Å². The number of cyclic esters (lactones) is 1. The van der Waals surface area contributed by atoms with E-state index in [0.717, 1.165) is 18.3 Å². The minimum atomic E-state index is 0.0518. The van der Waals surface area contributed by atoms with Crippen molar-refractivity contribution in [1.82, 2.24) is 4.90 Å². The van der Waals surface area contributed by atoms with Gasteiger partial charge in [0, 0.05) is 19.0 Å². The largest absolute Gasteiger partial charge is 0.465 e. The topological polar surface area (TPSA) is 29.5 Å². The molecule has 3 saturated heterocycles. The Kier molecular flexibility index (Phi) is 2.66. The highest BCUT2D eigenvalue weighted by Gasteiger charge is 2.43. The molecule has 0 aromatic rings. The second-order valence-corrected chi connectivity index (χ2v) is 5.71. The van der Waals surface area contributed by atoms with Gasteiger partial charge in [0.25, 0.3) is 0 Å². The molecule has 0 aliphatic carbocycles. The Morgan fingerprint density at radius 2 is 2.25 bits per heavy atom. The van der Waals surface area contributed by atoms with E-state index >= 15 is 0 Å². The van der Waals surface area contributed by atoms with Crippen molar-refractivity contribution in [2.24, 2.45) is 23.7 Å². The van der Waals surface area contributed by atoms with E-state index in [1.807, 2.05) is 0 Å². The molecule has 0 aromatic carbocycles. The predicted octanol–water partition coefficient (Wildman–Crippen LogP) is 1.53. The quantitative estimate of drug-likeness (QED) is 0.680. The normalized spacial score (nSPS) is 46.3. The Bertz CT molecular complexity index is 292. The SMILES string of the molecule is CCC1C(=O)OCC1CC1CN2CCC1C2. The number of rotatable bonds is 3. The monoisotopic (exact) mass is 223 g/mol. The van der Waals surface area contributed by atoms with Gasteiger partial charge < -0.3 is 9.64 Å². The molecule has 3 heteroatoms. The zero-order chi connectivity index (χ0) is 11.1. The Labute approximate surface area is 97.1 Å². The standard InChI is InChI=1S/C13H21NO2/c1-2-12-11(8-16-13(12)15)5-10-7-14-4-3-9(10)6-14/h9-12H,2-8H2,1H3. The number of fused-ring (bicyclic) bond motifs is 2. The summed E-state index contributed by atoms with van der Waals surface area (Å²) in [6.07, 6.45) is 3.54. The molecule has 3 fully saturated rings. The molecule has 0 saturated carbocycles. The summed E-state index contributed by atoms with van der Waals surface area (Å²) < 4.78 is 5.21. The molecule has 5 unspecified atom stereocenters. The summed E-state index contributed by atoms with van der Waals surface area (Å²) in [4.78, 5) is 14.1. The van der Waals surface area contributed by atoms with Gasteiger partial charge in [0.2, 0.25) is 0 Å². The number of esters is 1. The van der Waals surface area contributed by atoms with Crippen LogP contribution in [0.15, 0.2) is 0 Å². The van der Waals surface area contributed by atoms with Gasteiger partial charge in [-0.25, -0.2) is 0 Å². The average Bonchev–Trinajstić information content (AvgIpc) is 2.94. The Morgan fingerprint density at radius 3 is 2.88 bits per heavy atom. The molecule has 3 nitrogen and oxygen atoms in total. The number of carbonyl (C=O) groups is 1. The first kappa shape index (κ1) is 10.6. The fourth-order valence-electron chi connectivity index (χ4n) is 3.89. The van der Waals surface area contributed by atoms with Gasteiger partial charge in [-0.2, -0.15) is 0 Å². The fourth-order valence-corrected chi connectivity index (χ4v) is 3.89. The molecule has 0 spiro atoms. The summed E-state index contributed by atoms with van der Waals surface area (Å²) in [5, 5.41) is 0. The van der Waals surface area contributed by atoms with Crippen molar-refractivity contribution in [3.63, 3.8) is 0 Å². The Morgan fingerprint density at radius 1 is 1.38 bits per heavy atom. The highest BCUT2D eigenvalue weighted by molar-refractivity contribution is 5.74. The van der Waals surface area contributed by atoms with Crippen LogP contribution in [0.4, 0.5) is 0 Å². The second kappa shape index (κ2) is 4.02. The van der Waals surface area contributed by atoms with Crippen LogP contribution in [0, 0.1) is 23.7 Å². The van der Waals surface area contributed by atoms with Crippen molar-refractivity contribution >= 4 is 5.97 Å². The van der Waals surface area contributed by atoms with Gasteiger partial charge >= 0.3 is 5.97 Å². The van der Waals surface area contributed by atoms with Gasteiger partial charge in [-0.05, 0) is 37.6 Å². The number of hydrogen-bond acceptors (Lipinski definition) is 3. The highest BCUT2D eigenvalue weighted by Crippen LogP contribution is 2.40. The third-order valence-corrected chi connectivity index (χ3v) is 4.82. The fraction of sp³-hybridized carbons (Fsp3) is 0.923. The molecule has 0 aromatic heterocycles. The van der Waals surface area contributed by atoms with E-state index in [4.69, 9.17) is 4.74 Å². The number of piperidine rings is 1. The van der Waals surface area contributed by atoms with Crippen molar-refractivity contribution in [2.75, 3.05) is 26.2 Å². The Balaban J connectivity index is 1.60. The molecule has 90 valence electrons. The number of hydrogen-bond donors (Lipinski definition) is 0. The van der Waals surface area contributed by atoms with Gasteiger partial charge in [-0.15, -0.1) is 0 Å². The number of ether oxygens (including phenoxy) is 1. The Hall–Kier alpha value is -0.570. The van der Waals surface area contributed by atoms with Crippen molar-refractivity contribution in [1.29, 1.82) is 0 Å². The van der Waals surface area contributed by atoms with E-state index in [0.29, 0.717) is 12.5 Å². The van der Waals surface area contributed by atoms with Crippen LogP contribution in [-0.4, -0.2) is 37.1 Å². The number of carbonyl (C=O) groups excluding carboxylic acids is 1. The summed E-state index contributed by atoms with van der Waals surface area (Å²) in [7, 11) is 0. The van der Waals surface area contributed by atoms with E-state index in [9.17, 15) is 4.79 Å². The molecule has 3 heterocycles. The minimum Gasteiger partial charge on any atom is -0.465 e. The van der Waals surface area contributed by atoms with Crippen LogP contribution in [-0.2, 0) is 9.53 Å². The first-order valence-electron chi connectivity index (χ1n) is 6.67. The molecule has 2 bridgehead atoms. The maximum absolute atomic E-state index is 11.5. The highest BCUT2D eigenvalue weighted by atomic mass is 16.5. The molecular formula is C13H21NO2. The third-order valence-electron chi connectivity index (χ3n) is 4.82. The molecule has 5 atom stereocenters. The second-order valence-electron chi connectivity index (χ2n) is 5.71. The average molecular weight is 223 g/mol. The van der Waals surface area contributed by atoms with Crippen LogP contribution < -0.4 is 0 Å². The molecule has 0 N–H and O–H groups in total. The maximum atomic E-state index is 11.5. The lowest BCUT2D eigenvalue weighted by Crippen LogP contribution is -2.27. The van der Waals surface area contributed by atoms with E-state index in [2.05, 4.69) is 11.8 Å². The molecule has 16 heavy (non-hydrogen) atoms. The van der Waals surface area contributed by atoms with E-state index in [-0.39, 0.29) is 11.9 Å². The van der Waals surface area contributed by atoms with Crippen LogP contribution in [0.25, 0.3) is 0 Å². The van der Waals surface area contributed by atoms with Crippen molar-refractivity contribution in [2.45, 2.75) is 26.2 Å². The number of nitrogens with zero attached hydrogens (tertiary/aromatic N) is 1. The summed E-state index contributed by atoms with van der Waals surface area (Å²) in [5.41, 5.74) is 0. The molecule has 3 rings (SSSR count). The van der Waals surface area contributed by atoms with Crippen LogP contribution in [0.1, 0.15) is 26.2 Å². The van der Waals surface area contributed by atoms with Gasteiger partial charge in [0.15, 0.2) is 0 Å². The van der Waals surface area contributed by atoms with Gasteiger partial charge in [0.05, 0.1) is 12.5 Å². The van der Waals surface area contributed by atoms with Gasteiger partial charge in [-0.1, -0.05) is 6.92 Å². The summed E-state index contributed by atoms with van der Waals surface area (Å²) in [6.45, 7) is 6.67. The van der Waals surface area contributed by atoms with Crippen LogP contribution in [0.2, 0.25) is 0 Å². The van der Waals surface area contributed by atoms with E-state index in [1.165, 1.54) is 32.5 Å². The van der Waals surface area contributed by atoms with Crippen molar-refractivity contribution in [3.8, 4) is 0 Å². The molecule has 0 radical (unpaired) electrons. The van der Waals surface area contributed by atoms with E-state index in [1.54, 1.807) is 0 Å². The van der Waals surface area contributed by atoms with Gasteiger partial charge in [-0.3, -0.25) is 4.79 Å². The smallest absolute Gasteiger partial charge is 0.309 e. The molecule has 0 amide bonds.